The first-order chi connectivity index (χ1) is 12.2. The van der Waals surface area contributed by atoms with E-state index < -0.39 is 30.1 Å². The van der Waals surface area contributed by atoms with Gasteiger partial charge in [-0.3, -0.25) is 9.59 Å². The largest absolute Gasteiger partial charge is 0.573 e. The highest BCUT2D eigenvalue weighted by molar-refractivity contribution is 6.14. The molecule has 0 saturated heterocycles. The van der Waals surface area contributed by atoms with Crippen molar-refractivity contribution in [2.24, 2.45) is 0 Å². The van der Waals surface area contributed by atoms with E-state index in [0.717, 1.165) is 6.07 Å². The molecule has 0 aromatic heterocycles. The summed E-state index contributed by atoms with van der Waals surface area (Å²) in [5, 5.41) is 0. The van der Waals surface area contributed by atoms with Gasteiger partial charge in [0.05, 0.1) is 18.1 Å². The Kier molecular flexibility index (Phi) is 6.02. The van der Waals surface area contributed by atoms with Crippen LogP contribution in [-0.2, 0) is 0 Å². The molecule has 0 radical (unpaired) electrons. The molecule has 4 nitrogen and oxygen atoms in total. The third-order valence-electron chi connectivity index (χ3n) is 3.28. The van der Waals surface area contributed by atoms with E-state index in [-0.39, 0.29) is 17.2 Å². The number of hydrogen-bond acceptors (Lipinski definition) is 4. The molecule has 7 heteroatoms. The number of carbonyl (C=O) groups is 2. The molecule has 0 atom stereocenters. The molecule has 2 rings (SSSR count). The lowest BCUT2D eigenvalue weighted by Gasteiger charge is -2.12. The van der Waals surface area contributed by atoms with E-state index in [1.54, 1.807) is 12.1 Å². The van der Waals surface area contributed by atoms with E-state index >= 15 is 0 Å². The summed E-state index contributed by atoms with van der Waals surface area (Å²) in [7, 11) is 0. The summed E-state index contributed by atoms with van der Waals surface area (Å²) in [6, 6.07) is 11.1. The Hall–Kier alpha value is -2.83. The summed E-state index contributed by atoms with van der Waals surface area (Å²) in [5.41, 5.74) is -0.0263. The molecule has 0 bridgehead atoms. The molecule has 0 saturated carbocycles. The Morgan fingerprint density at radius 1 is 0.962 bits per heavy atom. The number of carbonyl (C=O) groups excluding carboxylic acids is 2. The zero-order valence-electron chi connectivity index (χ0n) is 14.2. The van der Waals surface area contributed by atoms with E-state index in [1.807, 2.05) is 13.8 Å². The second-order valence-corrected chi connectivity index (χ2v) is 5.76. The van der Waals surface area contributed by atoms with Gasteiger partial charge in [0.25, 0.3) is 0 Å². The van der Waals surface area contributed by atoms with E-state index in [9.17, 15) is 22.8 Å². The Morgan fingerprint density at radius 2 is 1.58 bits per heavy atom. The summed E-state index contributed by atoms with van der Waals surface area (Å²) in [6.07, 6.45) is -5.52. The van der Waals surface area contributed by atoms with Gasteiger partial charge in [0.2, 0.25) is 0 Å². The summed E-state index contributed by atoms with van der Waals surface area (Å²) < 4.78 is 46.6. The highest BCUT2D eigenvalue weighted by Gasteiger charge is 2.33. The van der Waals surface area contributed by atoms with Crippen LogP contribution in [0.4, 0.5) is 13.2 Å². The molecule has 2 aromatic carbocycles. The number of hydrogen-bond donors (Lipinski definition) is 0. The van der Waals surface area contributed by atoms with Gasteiger partial charge in [-0.2, -0.15) is 0 Å². The van der Waals surface area contributed by atoms with Gasteiger partial charge in [-0.25, -0.2) is 0 Å². The molecular formula is C19H17F3O4. The van der Waals surface area contributed by atoms with E-state index in [4.69, 9.17) is 4.74 Å². The van der Waals surface area contributed by atoms with Gasteiger partial charge in [-0.05, 0) is 50.2 Å². The van der Waals surface area contributed by atoms with Crippen molar-refractivity contribution in [3.8, 4) is 11.5 Å². The zero-order chi connectivity index (χ0) is 19.3. The van der Waals surface area contributed by atoms with Crippen LogP contribution in [0, 0.1) is 0 Å². The minimum absolute atomic E-state index is 0.0248. The predicted octanol–water partition coefficient (Wildman–Crippen LogP) is 4.83. The molecule has 0 heterocycles. The number of para-hydroxylation sites is 1. The second kappa shape index (κ2) is 8.03. The summed E-state index contributed by atoms with van der Waals surface area (Å²) in [5.74, 6) is -1.31. The Labute approximate surface area is 148 Å². The van der Waals surface area contributed by atoms with Crippen LogP contribution in [0.2, 0.25) is 0 Å². The van der Waals surface area contributed by atoms with Crippen molar-refractivity contribution in [3.05, 3.63) is 59.7 Å². The van der Waals surface area contributed by atoms with Gasteiger partial charge in [0.15, 0.2) is 11.6 Å². The third-order valence-corrected chi connectivity index (χ3v) is 3.28. The first-order valence-electron chi connectivity index (χ1n) is 7.83. The second-order valence-electron chi connectivity index (χ2n) is 5.76. The quantitative estimate of drug-likeness (QED) is 0.520. The third kappa shape index (κ3) is 5.61. The van der Waals surface area contributed by atoms with Gasteiger partial charge in [0, 0.05) is 5.56 Å². The molecular weight excluding hydrogens is 349 g/mol. The smallest absolute Gasteiger partial charge is 0.491 e. The molecule has 0 aliphatic carbocycles. The van der Waals surface area contributed by atoms with Crippen molar-refractivity contribution >= 4 is 11.6 Å². The minimum atomic E-state index is -4.92. The average molecular weight is 366 g/mol. The average Bonchev–Trinajstić information content (AvgIpc) is 2.53. The Balaban J connectivity index is 2.11. The number of benzene rings is 2. The van der Waals surface area contributed by atoms with Crippen molar-refractivity contribution in [2.75, 3.05) is 0 Å². The van der Waals surface area contributed by atoms with E-state index in [0.29, 0.717) is 5.75 Å². The number of alkyl halides is 3. The van der Waals surface area contributed by atoms with E-state index in [1.165, 1.54) is 30.3 Å². The van der Waals surface area contributed by atoms with Gasteiger partial charge in [-0.15, -0.1) is 13.2 Å². The van der Waals surface area contributed by atoms with Gasteiger partial charge < -0.3 is 9.47 Å². The van der Waals surface area contributed by atoms with Crippen LogP contribution in [0.25, 0.3) is 0 Å². The zero-order valence-corrected chi connectivity index (χ0v) is 14.2. The molecule has 138 valence electrons. The van der Waals surface area contributed by atoms with Crippen molar-refractivity contribution in [1.82, 2.24) is 0 Å². The van der Waals surface area contributed by atoms with Crippen LogP contribution in [-0.4, -0.2) is 24.0 Å². The van der Waals surface area contributed by atoms with Crippen molar-refractivity contribution in [2.45, 2.75) is 32.7 Å². The van der Waals surface area contributed by atoms with Crippen LogP contribution in [0.5, 0.6) is 11.5 Å². The molecule has 0 aliphatic rings. The fourth-order valence-corrected chi connectivity index (χ4v) is 2.25. The molecule has 0 unspecified atom stereocenters. The van der Waals surface area contributed by atoms with Crippen LogP contribution in [0.1, 0.15) is 41.0 Å². The lowest BCUT2D eigenvalue weighted by molar-refractivity contribution is -0.274. The molecule has 0 amide bonds. The number of Topliss-reactive ketones (excluding diaryl/α,β-unsaturated/α-hetero) is 2. The first kappa shape index (κ1) is 19.5. The molecule has 0 fully saturated rings. The predicted molar refractivity (Wildman–Crippen MR) is 88.6 cm³/mol. The fraction of sp³-hybridized carbons (Fsp3) is 0.263. The molecule has 2 aromatic rings. The van der Waals surface area contributed by atoms with Gasteiger partial charge in [0.1, 0.15) is 11.5 Å². The summed E-state index contributed by atoms with van der Waals surface area (Å²) >= 11 is 0. The van der Waals surface area contributed by atoms with Crippen LogP contribution < -0.4 is 9.47 Å². The maximum atomic E-state index is 12.4. The standard InChI is InChI=1S/C19H17F3O4/c1-12(2)25-14-9-7-13(8-10-14)16(23)11-17(24)15-5-3-4-6-18(15)26-19(20,21)22/h3-10,12H,11H2,1-2H3. The molecule has 0 spiro atoms. The number of rotatable bonds is 7. The fourth-order valence-electron chi connectivity index (χ4n) is 2.25. The maximum Gasteiger partial charge on any atom is 0.573 e. The summed E-state index contributed by atoms with van der Waals surface area (Å²) in [6.45, 7) is 3.72. The Morgan fingerprint density at radius 3 is 2.15 bits per heavy atom. The number of halogens is 3. The normalized spacial score (nSPS) is 11.3. The van der Waals surface area contributed by atoms with E-state index in [2.05, 4.69) is 4.74 Å². The van der Waals surface area contributed by atoms with Crippen LogP contribution in [0.15, 0.2) is 48.5 Å². The summed E-state index contributed by atoms with van der Waals surface area (Å²) in [4.78, 5) is 24.5. The topological polar surface area (TPSA) is 52.6 Å². The minimum Gasteiger partial charge on any atom is -0.491 e. The number of ketones is 2. The lowest BCUT2D eigenvalue weighted by atomic mass is 10.0. The van der Waals surface area contributed by atoms with Crippen LogP contribution in [0.3, 0.4) is 0 Å². The van der Waals surface area contributed by atoms with Crippen molar-refractivity contribution in [3.63, 3.8) is 0 Å². The molecule has 26 heavy (non-hydrogen) atoms. The highest BCUT2D eigenvalue weighted by Crippen LogP contribution is 2.27. The van der Waals surface area contributed by atoms with Crippen molar-refractivity contribution in [1.29, 1.82) is 0 Å². The lowest BCUT2D eigenvalue weighted by Crippen LogP contribution is -2.19. The molecule has 0 aliphatic heterocycles. The monoisotopic (exact) mass is 366 g/mol. The molecule has 0 N–H and O–H groups in total. The van der Waals surface area contributed by atoms with Gasteiger partial charge in [-0.1, -0.05) is 12.1 Å². The highest BCUT2D eigenvalue weighted by atomic mass is 19.4. The number of ether oxygens (including phenoxy) is 2. The van der Waals surface area contributed by atoms with Crippen LogP contribution >= 0.6 is 0 Å². The SMILES string of the molecule is CC(C)Oc1ccc(C(=O)CC(=O)c2ccccc2OC(F)(F)F)cc1. The van der Waals surface area contributed by atoms with Crippen molar-refractivity contribution < 1.29 is 32.2 Å². The Bertz CT molecular complexity index is 780. The van der Waals surface area contributed by atoms with Gasteiger partial charge >= 0.3 is 6.36 Å². The maximum absolute atomic E-state index is 12.4. The first-order valence-corrected chi connectivity index (χ1v) is 7.83.